The zero-order valence-electron chi connectivity index (χ0n) is 12.5. The van der Waals surface area contributed by atoms with E-state index < -0.39 is 0 Å². The fourth-order valence-electron chi connectivity index (χ4n) is 2.60. The molecule has 4 nitrogen and oxygen atoms in total. The topological polar surface area (TPSA) is 48.0 Å². The van der Waals surface area contributed by atoms with Gasteiger partial charge in [0, 0.05) is 10.9 Å². The highest BCUT2D eigenvalue weighted by Crippen LogP contribution is 2.30. The number of hydrogen-bond donors (Lipinski definition) is 0. The third-order valence-corrected chi connectivity index (χ3v) is 4.72. The molecule has 0 atom stereocenters. The highest BCUT2D eigenvalue weighted by atomic mass is 32.1. The molecular formula is C18H14N2O2S. The average molecular weight is 322 g/mol. The second-order valence-electron chi connectivity index (χ2n) is 5.45. The van der Waals surface area contributed by atoms with Gasteiger partial charge in [0.05, 0.1) is 24.5 Å². The van der Waals surface area contributed by atoms with Crippen LogP contribution in [0.5, 0.6) is 0 Å². The van der Waals surface area contributed by atoms with Crippen molar-refractivity contribution in [2.45, 2.75) is 13.5 Å². The van der Waals surface area contributed by atoms with Crippen molar-refractivity contribution in [2.24, 2.45) is 0 Å². The summed E-state index contributed by atoms with van der Waals surface area (Å²) in [5.74, 6) is 0.736. The molecule has 3 heterocycles. The number of rotatable bonds is 3. The minimum absolute atomic E-state index is 0.0387. The molecule has 0 aliphatic carbocycles. The van der Waals surface area contributed by atoms with Crippen molar-refractivity contribution < 1.29 is 4.42 Å². The number of benzene rings is 1. The normalized spacial score (nSPS) is 11.2. The zero-order chi connectivity index (χ0) is 15.8. The van der Waals surface area contributed by atoms with Gasteiger partial charge >= 0.3 is 0 Å². The maximum atomic E-state index is 12.9. The van der Waals surface area contributed by atoms with E-state index in [1.54, 1.807) is 17.2 Å². The molecule has 4 aromatic rings. The molecule has 23 heavy (non-hydrogen) atoms. The van der Waals surface area contributed by atoms with E-state index in [1.165, 1.54) is 16.9 Å². The molecule has 0 aliphatic rings. The van der Waals surface area contributed by atoms with Gasteiger partial charge in [-0.15, -0.1) is 11.3 Å². The molecule has 0 spiro atoms. The Bertz CT molecular complexity index is 1010. The van der Waals surface area contributed by atoms with Crippen LogP contribution >= 0.6 is 11.3 Å². The summed E-state index contributed by atoms with van der Waals surface area (Å²) in [5.41, 5.74) is 3.14. The van der Waals surface area contributed by atoms with Crippen molar-refractivity contribution in [1.82, 2.24) is 9.55 Å². The van der Waals surface area contributed by atoms with Gasteiger partial charge in [0.1, 0.15) is 10.6 Å². The monoisotopic (exact) mass is 322 g/mol. The number of aromatic nitrogens is 2. The van der Waals surface area contributed by atoms with Crippen LogP contribution in [-0.4, -0.2) is 9.55 Å². The number of nitrogens with zero attached hydrogens (tertiary/aromatic N) is 2. The number of fused-ring (bicyclic) bond motifs is 1. The quantitative estimate of drug-likeness (QED) is 0.571. The number of aryl methyl sites for hydroxylation is 1. The van der Waals surface area contributed by atoms with Gasteiger partial charge in [0.25, 0.3) is 5.56 Å². The largest absolute Gasteiger partial charge is 0.467 e. The van der Waals surface area contributed by atoms with Crippen LogP contribution in [0.3, 0.4) is 0 Å². The van der Waals surface area contributed by atoms with Gasteiger partial charge < -0.3 is 4.42 Å². The fraction of sp³-hybridized carbons (Fsp3) is 0.111. The summed E-state index contributed by atoms with van der Waals surface area (Å²) in [6.07, 6.45) is 3.19. The van der Waals surface area contributed by atoms with E-state index in [9.17, 15) is 4.79 Å². The van der Waals surface area contributed by atoms with Crippen LogP contribution in [0.2, 0.25) is 0 Å². The standard InChI is InChI=1S/C18H14N2O2S/c1-12-4-6-13(7-5-12)15-10-23-17-16(15)18(21)20(11-19-17)9-14-3-2-8-22-14/h2-8,10-11H,9H2,1H3. The van der Waals surface area contributed by atoms with E-state index in [0.29, 0.717) is 11.9 Å². The summed E-state index contributed by atoms with van der Waals surface area (Å²) < 4.78 is 6.92. The van der Waals surface area contributed by atoms with Crippen LogP contribution < -0.4 is 5.56 Å². The average Bonchev–Trinajstić information content (AvgIpc) is 3.21. The summed E-state index contributed by atoms with van der Waals surface area (Å²) >= 11 is 1.50. The first-order valence-corrected chi connectivity index (χ1v) is 8.16. The maximum Gasteiger partial charge on any atom is 0.263 e. The Labute approximate surface area is 136 Å². The van der Waals surface area contributed by atoms with Crippen LogP contribution in [0.1, 0.15) is 11.3 Å². The van der Waals surface area contributed by atoms with Crippen molar-refractivity contribution in [3.63, 3.8) is 0 Å². The maximum absolute atomic E-state index is 12.9. The van der Waals surface area contributed by atoms with Crippen LogP contribution in [0.4, 0.5) is 0 Å². The van der Waals surface area contributed by atoms with Gasteiger partial charge in [-0.1, -0.05) is 29.8 Å². The van der Waals surface area contributed by atoms with Gasteiger partial charge in [-0.05, 0) is 24.6 Å². The molecule has 114 valence electrons. The molecule has 4 rings (SSSR count). The van der Waals surface area contributed by atoms with E-state index in [-0.39, 0.29) is 5.56 Å². The molecule has 0 saturated heterocycles. The predicted molar refractivity (Wildman–Crippen MR) is 91.9 cm³/mol. The van der Waals surface area contributed by atoms with E-state index in [1.807, 2.05) is 36.6 Å². The molecule has 0 amide bonds. The summed E-state index contributed by atoms with van der Waals surface area (Å²) in [7, 11) is 0. The lowest BCUT2D eigenvalue weighted by molar-refractivity contribution is 0.489. The second kappa shape index (κ2) is 5.52. The molecule has 0 aliphatic heterocycles. The highest BCUT2D eigenvalue weighted by Gasteiger charge is 2.13. The first kappa shape index (κ1) is 14.0. The molecule has 1 aromatic carbocycles. The molecular weight excluding hydrogens is 308 g/mol. The number of thiophene rings is 1. The Kier molecular flexibility index (Phi) is 3.35. The van der Waals surface area contributed by atoms with Gasteiger partial charge in [-0.2, -0.15) is 0 Å². The van der Waals surface area contributed by atoms with Gasteiger partial charge in [-0.3, -0.25) is 9.36 Å². The minimum atomic E-state index is -0.0387. The lowest BCUT2D eigenvalue weighted by atomic mass is 10.1. The predicted octanol–water partition coefficient (Wildman–Crippen LogP) is 4.07. The third kappa shape index (κ3) is 2.49. The summed E-state index contributed by atoms with van der Waals surface area (Å²) in [5, 5.41) is 2.67. The first-order chi connectivity index (χ1) is 11.2. The lowest BCUT2D eigenvalue weighted by Crippen LogP contribution is -2.20. The van der Waals surface area contributed by atoms with E-state index in [2.05, 4.69) is 17.1 Å². The Hall–Kier alpha value is -2.66. The Morgan fingerprint density at radius 2 is 2.04 bits per heavy atom. The molecule has 0 unspecified atom stereocenters. The Balaban J connectivity index is 1.87. The summed E-state index contributed by atoms with van der Waals surface area (Å²) in [6, 6.07) is 11.9. The Morgan fingerprint density at radius 3 is 2.78 bits per heavy atom. The third-order valence-electron chi connectivity index (χ3n) is 3.83. The van der Waals surface area contributed by atoms with Crippen molar-refractivity contribution in [2.75, 3.05) is 0 Å². The molecule has 0 bridgehead atoms. The van der Waals surface area contributed by atoms with Crippen molar-refractivity contribution in [1.29, 1.82) is 0 Å². The molecule has 0 N–H and O–H groups in total. The second-order valence-corrected chi connectivity index (χ2v) is 6.31. The van der Waals surface area contributed by atoms with Gasteiger partial charge in [0.2, 0.25) is 0 Å². The van der Waals surface area contributed by atoms with Crippen LogP contribution in [0.25, 0.3) is 21.3 Å². The SMILES string of the molecule is Cc1ccc(-c2csc3ncn(Cc4ccco4)c(=O)c23)cc1. The van der Waals surface area contributed by atoms with E-state index >= 15 is 0 Å². The van der Waals surface area contributed by atoms with Crippen LogP contribution in [-0.2, 0) is 6.54 Å². The van der Waals surface area contributed by atoms with Gasteiger partial charge in [-0.25, -0.2) is 4.98 Å². The van der Waals surface area contributed by atoms with Gasteiger partial charge in [0.15, 0.2) is 0 Å². The minimum Gasteiger partial charge on any atom is -0.467 e. The van der Waals surface area contributed by atoms with Crippen LogP contribution in [0, 0.1) is 6.92 Å². The molecule has 3 aromatic heterocycles. The van der Waals surface area contributed by atoms with Crippen molar-refractivity contribution >= 4 is 21.6 Å². The summed E-state index contributed by atoms with van der Waals surface area (Å²) in [4.78, 5) is 18.1. The van der Waals surface area contributed by atoms with E-state index in [0.717, 1.165) is 21.7 Å². The summed E-state index contributed by atoms with van der Waals surface area (Å²) in [6.45, 7) is 2.44. The number of hydrogen-bond acceptors (Lipinski definition) is 4. The first-order valence-electron chi connectivity index (χ1n) is 7.28. The Morgan fingerprint density at radius 1 is 1.22 bits per heavy atom. The lowest BCUT2D eigenvalue weighted by Gasteiger charge is -2.04. The van der Waals surface area contributed by atoms with Crippen molar-refractivity contribution in [3.8, 4) is 11.1 Å². The van der Waals surface area contributed by atoms with Crippen molar-refractivity contribution in [3.05, 3.63) is 76.0 Å². The number of furan rings is 1. The molecule has 0 fully saturated rings. The van der Waals surface area contributed by atoms with Crippen LogP contribution in [0.15, 0.2) is 63.6 Å². The smallest absolute Gasteiger partial charge is 0.263 e. The highest BCUT2D eigenvalue weighted by molar-refractivity contribution is 7.17. The fourth-order valence-corrected chi connectivity index (χ4v) is 3.50. The molecule has 0 saturated carbocycles. The molecule has 5 heteroatoms. The van der Waals surface area contributed by atoms with E-state index in [4.69, 9.17) is 4.42 Å². The zero-order valence-corrected chi connectivity index (χ0v) is 13.3. The molecule has 0 radical (unpaired) electrons.